The fraction of sp³-hybridized carbons (Fsp3) is 0.471. The number of nitrogens with zero attached hydrogens (tertiary/aromatic N) is 3. The molecule has 2 aromatic heterocycles. The first kappa shape index (κ1) is 15.3. The molecule has 2 atom stereocenters. The number of amides is 1. The first-order valence-electron chi connectivity index (χ1n) is 8.25. The lowest BCUT2D eigenvalue weighted by molar-refractivity contribution is 0.0210. The van der Waals surface area contributed by atoms with Gasteiger partial charge < -0.3 is 9.73 Å². The van der Waals surface area contributed by atoms with E-state index in [-0.39, 0.29) is 29.3 Å². The minimum Gasteiger partial charge on any atom is -0.431 e. The molecule has 5 rings (SSSR count). The van der Waals surface area contributed by atoms with Gasteiger partial charge >= 0.3 is 5.91 Å². The summed E-state index contributed by atoms with van der Waals surface area (Å²) < 4.78 is 19.2. The first-order valence-corrected chi connectivity index (χ1v) is 8.25. The standard InChI is InChI=1S/C17H19FN4O2/c1-10-14(11-4-7-22(10)8-5-11)21-16(23)17-20-9-13(24-17)15-12(18)3-2-6-19-15/h2-3,6,9-11,14H,4-5,7-8H2,1H3,(H,21,23)/t10-,14-/m0/s1. The summed E-state index contributed by atoms with van der Waals surface area (Å²) in [6, 6.07) is 3.20. The molecule has 0 spiro atoms. The molecule has 3 aliphatic heterocycles. The van der Waals surface area contributed by atoms with Gasteiger partial charge in [-0.3, -0.25) is 9.69 Å². The van der Waals surface area contributed by atoms with Gasteiger partial charge in [0.05, 0.1) is 6.20 Å². The van der Waals surface area contributed by atoms with Crippen LogP contribution in [0.5, 0.6) is 0 Å². The second-order valence-corrected chi connectivity index (χ2v) is 6.48. The number of aromatic nitrogens is 2. The Bertz CT molecular complexity index is 753. The zero-order chi connectivity index (χ0) is 16.7. The van der Waals surface area contributed by atoms with Gasteiger partial charge in [-0.2, -0.15) is 0 Å². The van der Waals surface area contributed by atoms with Crippen LogP contribution in [0.3, 0.4) is 0 Å². The molecule has 2 bridgehead atoms. The van der Waals surface area contributed by atoms with Gasteiger partial charge in [0.2, 0.25) is 0 Å². The lowest BCUT2D eigenvalue weighted by Crippen LogP contribution is -2.62. The summed E-state index contributed by atoms with van der Waals surface area (Å²) >= 11 is 0. The second-order valence-electron chi connectivity index (χ2n) is 6.48. The Hall–Kier alpha value is -2.28. The average molecular weight is 330 g/mol. The Balaban J connectivity index is 1.51. The van der Waals surface area contributed by atoms with Crippen LogP contribution in [-0.2, 0) is 0 Å². The van der Waals surface area contributed by atoms with E-state index in [1.807, 2.05) is 0 Å². The second kappa shape index (κ2) is 5.98. The molecule has 0 saturated carbocycles. The van der Waals surface area contributed by atoms with Crippen LogP contribution in [0.15, 0.2) is 28.9 Å². The highest BCUT2D eigenvalue weighted by Crippen LogP contribution is 2.32. The topological polar surface area (TPSA) is 71.3 Å². The summed E-state index contributed by atoms with van der Waals surface area (Å²) in [7, 11) is 0. The predicted molar refractivity (Wildman–Crippen MR) is 84.7 cm³/mol. The van der Waals surface area contributed by atoms with Crippen LogP contribution in [0.4, 0.5) is 4.39 Å². The predicted octanol–water partition coefficient (Wildman–Crippen LogP) is 2.09. The largest absolute Gasteiger partial charge is 0.431 e. The Morgan fingerprint density at radius 1 is 1.38 bits per heavy atom. The summed E-state index contributed by atoms with van der Waals surface area (Å²) in [6.45, 7) is 4.33. The minimum atomic E-state index is -0.508. The third-order valence-corrected chi connectivity index (χ3v) is 5.17. The quantitative estimate of drug-likeness (QED) is 0.933. The van der Waals surface area contributed by atoms with Crippen molar-refractivity contribution < 1.29 is 13.6 Å². The van der Waals surface area contributed by atoms with E-state index in [4.69, 9.17) is 4.42 Å². The number of pyridine rings is 1. The fourth-order valence-corrected chi connectivity index (χ4v) is 3.81. The van der Waals surface area contributed by atoms with E-state index in [2.05, 4.69) is 27.1 Å². The van der Waals surface area contributed by atoms with Crippen LogP contribution in [0.1, 0.15) is 30.5 Å². The van der Waals surface area contributed by atoms with Crippen molar-refractivity contribution in [3.63, 3.8) is 0 Å². The molecule has 3 aliphatic rings. The van der Waals surface area contributed by atoms with Crippen LogP contribution in [0.25, 0.3) is 11.5 Å². The van der Waals surface area contributed by atoms with E-state index in [0.29, 0.717) is 12.0 Å². The van der Waals surface area contributed by atoms with Gasteiger partial charge in [0, 0.05) is 18.3 Å². The highest BCUT2D eigenvalue weighted by molar-refractivity contribution is 5.90. The monoisotopic (exact) mass is 330 g/mol. The SMILES string of the molecule is C[C@H]1[C@H](NC(=O)c2ncc(-c3ncccc3F)o2)C2CCN1CC2. The summed E-state index contributed by atoms with van der Waals surface area (Å²) in [5.41, 5.74) is 0.0558. The summed E-state index contributed by atoms with van der Waals surface area (Å²) in [6.07, 6.45) is 5.01. The highest BCUT2D eigenvalue weighted by Gasteiger charge is 2.40. The fourth-order valence-electron chi connectivity index (χ4n) is 3.81. The molecule has 1 amide bonds. The molecule has 7 heteroatoms. The number of fused-ring (bicyclic) bond motifs is 3. The number of piperidine rings is 3. The lowest BCUT2D eigenvalue weighted by atomic mass is 9.79. The van der Waals surface area contributed by atoms with Crippen molar-refractivity contribution in [2.24, 2.45) is 5.92 Å². The van der Waals surface area contributed by atoms with Gasteiger partial charge in [0.1, 0.15) is 5.69 Å². The number of halogens is 1. The Morgan fingerprint density at radius 3 is 2.88 bits per heavy atom. The number of hydrogen-bond acceptors (Lipinski definition) is 5. The molecule has 0 aliphatic carbocycles. The molecular weight excluding hydrogens is 311 g/mol. The highest BCUT2D eigenvalue weighted by atomic mass is 19.1. The van der Waals surface area contributed by atoms with E-state index in [1.165, 1.54) is 24.5 Å². The van der Waals surface area contributed by atoms with Gasteiger partial charge in [-0.05, 0) is 50.9 Å². The molecular formula is C17H19FN4O2. The van der Waals surface area contributed by atoms with Crippen LogP contribution >= 0.6 is 0 Å². The number of hydrogen-bond donors (Lipinski definition) is 1. The molecule has 0 unspecified atom stereocenters. The van der Waals surface area contributed by atoms with E-state index in [1.54, 1.807) is 0 Å². The van der Waals surface area contributed by atoms with E-state index in [0.717, 1.165) is 25.9 Å². The molecule has 24 heavy (non-hydrogen) atoms. The lowest BCUT2D eigenvalue weighted by Gasteiger charge is -2.49. The van der Waals surface area contributed by atoms with Crippen LogP contribution in [-0.4, -0.2) is 45.9 Å². The van der Waals surface area contributed by atoms with Crippen molar-refractivity contribution in [2.45, 2.75) is 31.8 Å². The average Bonchev–Trinajstić information content (AvgIpc) is 3.09. The normalized spacial score (nSPS) is 28.8. The maximum atomic E-state index is 13.8. The van der Waals surface area contributed by atoms with Gasteiger partial charge in [-0.25, -0.2) is 14.4 Å². The van der Waals surface area contributed by atoms with Gasteiger partial charge in [0.25, 0.3) is 5.89 Å². The zero-order valence-corrected chi connectivity index (χ0v) is 13.4. The summed E-state index contributed by atoms with van der Waals surface area (Å²) in [5.74, 6) is -0.273. The Kier molecular flexibility index (Phi) is 3.80. The molecule has 0 radical (unpaired) electrons. The Labute approximate surface area is 139 Å². The minimum absolute atomic E-state index is 0.0558. The molecule has 3 fully saturated rings. The van der Waals surface area contributed by atoms with Gasteiger partial charge in [-0.15, -0.1) is 0 Å². The van der Waals surface area contributed by atoms with Gasteiger partial charge in [-0.1, -0.05) is 0 Å². The van der Waals surface area contributed by atoms with Crippen molar-refractivity contribution >= 4 is 5.91 Å². The molecule has 6 nitrogen and oxygen atoms in total. The third-order valence-electron chi connectivity index (χ3n) is 5.17. The number of nitrogens with one attached hydrogen (secondary N) is 1. The molecule has 126 valence electrons. The van der Waals surface area contributed by atoms with Crippen molar-refractivity contribution in [3.05, 3.63) is 36.2 Å². The smallest absolute Gasteiger partial charge is 0.307 e. The van der Waals surface area contributed by atoms with Gasteiger partial charge in [0.15, 0.2) is 11.6 Å². The third kappa shape index (κ3) is 2.58. The van der Waals surface area contributed by atoms with Crippen LogP contribution < -0.4 is 5.32 Å². The number of carbonyl (C=O) groups excluding carboxylic acids is 1. The van der Waals surface area contributed by atoms with Crippen molar-refractivity contribution in [1.82, 2.24) is 20.2 Å². The first-order chi connectivity index (χ1) is 11.6. The molecule has 0 aromatic carbocycles. The van der Waals surface area contributed by atoms with Crippen molar-refractivity contribution in [1.29, 1.82) is 0 Å². The number of oxazole rings is 1. The number of rotatable bonds is 3. The maximum Gasteiger partial charge on any atom is 0.307 e. The molecule has 5 heterocycles. The van der Waals surface area contributed by atoms with Crippen LogP contribution in [0, 0.1) is 11.7 Å². The van der Waals surface area contributed by atoms with Crippen molar-refractivity contribution in [3.8, 4) is 11.5 Å². The number of carbonyl (C=O) groups is 1. The van der Waals surface area contributed by atoms with E-state index in [9.17, 15) is 9.18 Å². The molecule has 1 N–H and O–H groups in total. The molecule has 3 saturated heterocycles. The van der Waals surface area contributed by atoms with Crippen molar-refractivity contribution in [2.75, 3.05) is 13.1 Å². The summed E-state index contributed by atoms with van der Waals surface area (Å²) in [4.78, 5) is 22.8. The zero-order valence-electron chi connectivity index (χ0n) is 13.4. The van der Waals surface area contributed by atoms with Crippen LogP contribution in [0.2, 0.25) is 0 Å². The molecule has 2 aromatic rings. The van der Waals surface area contributed by atoms with E-state index >= 15 is 0 Å². The maximum absolute atomic E-state index is 13.8. The Morgan fingerprint density at radius 2 is 2.17 bits per heavy atom. The van der Waals surface area contributed by atoms with E-state index < -0.39 is 5.82 Å². The summed E-state index contributed by atoms with van der Waals surface area (Å²) in [5, 5.41) is 3.04.